The first-order valence-electron chi connectivity index (χ1n) is 5.77. The zero-order valence-corrected chi connectivity index (χ0v) is 12.5. The molecule has 1 aromatic carbocycles. The zero-order valence-electron chi connectivity index (χ0n) is 11.0. The minimum Gasteiger partial charge on any atom is -0.495 e. The Morgan fingerprint density at radius 1 is 1.33 bits per heavy atom. The van der Waals surface area contributed by atoms with Crippen molar-refractivity contribution in [3.63, 3.8) is 0 Å². The molecule has 1 heterocycles. The third kappa shape index (κ3) is 3.58. The molecule has 0 amide bonds. The number of aromatic nitrogens is 1. The van der Waals surface area contributed by atoms with Gasteiger partial charge < -0.3 is 15.5 Å². The first-order valence-corrected chi connectivity index (χ1v) is 6.56. The molecule has 0 aliphatic heterocycles. The van der Waals surface area contributed by atoms with Crippen LogP contribution < -0.4 is 21.3 Å². The molecule has 0 saturated carbocycles. The van der Waals surface area contributed by atoms with E-state index in [4.69, 9.17) is 10.6 Å². The zero-order chi connectivity index (χ0) is 15.4. The second-order valence-electron chi connectivity index (χ2n) is 3.97. The van der Waals surface area contributed by atoms with E-state index in [2.05, 4.69) is 31.7 Å². The summed E-state index contributed by atoms with van der Waals surface area (Å²) in [7, 11) is 1.55. The number of methoxy groups -OCH3 is 1. The van der Waals surface area contributed by atoms with Crippen LogP contribution in [-0.4, -0.2) is 17.0 Å². The van der Waals surface area contributed by atoms with E-state index in [0.717, 1.165) is 4.47 Å². The van der Waals surface area contributed by atoms with Crippen LogP contribution in [0, 0.1) is 10.1 Å². The number of ether oxygens (including phenoxy) is 1. The van der Waals surface area contributed by atoms with E-state index in [9.17, 15) is 10.1 Å². The summed E-state index contributed by atoms with van der Waals surface area (Å²) in [6.07, 6.45) is 0. The average Bonchev–Trinajstić information content (AvgIpc) is 2.48. The first-order chi connectivity index (χ1) is 10.0. The van der Waals surface area contributed by atoms with Gasteiger partial charge in [-0.25, -0.2) is 10.8 Å². The van der Waals surface area contributed by atoms with Crippen LogP contribution in [0.1, 0.15) is 0 Å². The van der Waals surface area contributed by atoms with Gasteiger partial charge in [-0.15, -0.1) is 0 Å². The highest BCUT2D eigenvalue weighted by Crippen LogP contribution is 2.30. The quantitative estimate of drug-likeness (QED) is 0.430. The van der Waals surface area contributed by atoms with Crippen molar-refractivity contribution < 1.29 is 9.66 Å². The Morgan fingerprint density at radius 2 is 2.05 bits per heavy atom. The van der Waals surface area contributed by atoms with Gasteiger partial charge in [-0.3, -0.25) is 10.1 Å². The number of benzene rings is 1. The highest BCUT2D eigenvalue weighted by atomic mass is 79.9. The molecule has 0 radical (unpaired) electrons. The fraction of sp³-hybridized carbons (Fsp3) is 0.0833. The van der Waals surface area contributed by atoms with Crippen molar-refractivity contribution in [2.75, 3.05) is 17.9 Å². The van der Waals surface area contributed by atoms with Crippen molar-refractivity contribution in [3.8, 4) is 5.75 Å². The lowest BCUT2D eigenvalue weighted by Crippen LogP contribution is -2.10. The van der Waals surface area contributed by atoms with E-state index in [1.165, 1.54) is 12.1 Å². The molecule has 0 atom stereocenters. The SMILES string of the molecule is COc1cc(Nc2cc([N+](=O)[O-])cc(NN)n2)ccc1Br. The van der Waals surface area contributed by atoms with Crippen LogP contribution >= 0.6 is 15.9 Å². The number of pyridine rings is 1. The number of hydrogen-bond acceptors (Lipinski definition) is 7. The van der Waals surface area contributed by atoms with Gasteiger partial charge >= 0.3 is 0 Å². The van der Waals surface area contributed by atoms with Crippen molar-refractivity contribution in [1.82, 2.24) is 4.98 Å². The second-order valence-corrected chi connectivity index (χ2v) is 4.83. The maximum atomic E-state index is 10.9. The van der Waals surface area contributed by atoms with Crippen LogP contribution in [-0.2, 0) is 0 Å². The number of nitrogen functional groups attached to an aromatic ring is 1. The molecule has 1 aromatic heterocycles. The molecule has 4 N–H and O–H groups in total. The lowest BCUT2D eigenvalue weighted by molar-refractivity contribution is -0.384. The second kappa shape index (κ2) is 6.37. The van der Waals surface area contributed by atoms with Crippen LogP contribution in [0.25, 0.3) is 0 Å². The number of nitrogens with zero attached hydrogens (tertiary/aromatic N) is 2. The largest absolute Gasteiger partial charge is 0.495 e. The maximum Gasteiger partial charge on any atom is 0.276 e. The normalized spacial score (nSPS) is 10.0. The Labute approximate surface area is 128 Å². The predicted octanol–water partition coefficient (Wildman–Crippen LogP) is 2.79. The number of nitrogens with two attached hydrogens (primary N) is 1. The van der Waals surface area contributed by atoms with Gasteiger partial charge in [0.2, 0.25) is 0 Å². The van der Waals surface area contributed by atoms with Crippen LogP contribution in [0.15, 0.2) is 34.8 Å². The van der Waals surface area contributed by atoms with E-state index < -0.39 is 4.92 Å². The predicted molar refractivity (Wildman–Crippen MR) is 82.7 cm³/mol. The van der Waals surface area contributed by atoms with E-state index in [0.29, 0.717) is 17.3 Å². The molecule has 0 spiro atoms. The number of nitrogens with one attached hydrogen (secondary N) is 2. The molecule has 0 fully saturated rings. The summed E-state index contributed by atoms with van der Waals surface area (Å²) in [6.45, 7) is 0. The van der Waals surface area contributed by atoms with Crippen LogP contribution in [0.5, 0.6) is 5.75 Å². The van der Waals surface area contributed by atoms with Crippen LogP contribution in [0.3, 0.4) is 0 Å². The number of hydrogen-bond donors (Lipinski definition) is 3. The van der Waals surface area contributed by atoms with E-state index in [-0.39, 0.29) is 11.5 Å². The number of anilines is 3. The molecule has 110 valence electrons. The summed E-state index contributed by atoms with van der Waals surface area (Å²) in [5, 5.41) is 13.8. The lowest BCUT2D eigenvalue weighted by atomic mass is 10.3. The fourth-order valence-corrected chi connectivity index (χ4v) is 2.05. The van der Waals surface area contributed by atoms with Crippen molar-refractivity contribution in [2.45, 2.75) is 0 Å². The van der Waals surface area contributed by atoms with Gasteiger partial charge in [-0.05, 0) is 28.1 Å². The van der Waals surface area contributed by atoms with Gasteiger partial charge in [0.25, 0.3) is 5.69 Å². The molecular weight excluding hydrogens is 342 g/mol. The van der Waals surface area contributed by atoms with Crippen molar-refractivity contribution in [1.29, 1.82) is 0 Å². The van der Waals surface area contributed by atoms with Crippen LogP contribution in [0.4, 0.5) is 23.0 Å². The first kappa shape index (κ1) is 15.0. The number of hydrazine groups is 1. The third-order valence-corrected chi connectivity index (χ3v) is 3.25. The summed E-state index contributed by atoms with van der Waals surface area (Å²) in [4.78, 5) is 14.5. The summed E-state index contributed by atoms with van der Waals surface area (Å²) in [5.41, 5.74) is 2.84. The van der Waals surface area contributed by atoms with E-state index in [1.54, 1.807) is 25.3 Å². The van der Waals surface area contributed by atoms with Crippen molar-refractivity contribution in [2.24, 2.45) is 5.84 Å². The molecule has 0 bridgehead atoms. The standard InChI is InChI=1S/C12H12BrN5O3/c1-21-10-4-7(2-3-9(10)13)15-11-5-8(18(19)20)6-12(16-11)17-14/h2-6H,14H2,1H3,(H2,15,16,17). The molecule has 0 aliphatic carbocycles. The van der Waals surface area contributed by atoms with Crippen molar-refractivity contribution in [3.05, 3.63) is 44.9 Å². The number of rotatable bonds is 5. The topological polar surface area (TPSA) is 115 Å². The Morgan fingerprint density at radius 3 is 2.67 bits per heavy atom. The lowest BCUT2D eigenvalue weighted by Gasteiger charge is -2.10. The van der Waals surface area contributed by atoms with Gasteiger partial charge in [0.05, 0.1) is 28.6 Å². The highest BCUT2D eigenvalue weighted by molar-refractivity contribution is 9.10. The van der Waals surface area contributed by atoms with Gasteiger partial charge in [-0.1, -0.05) is 0 Å². The molecular formula is C12H12BrN5O3. The Kier molecular flexibility index (Phi) is 4.55. The summed E-state index contributed by atoms with van der Waals surface area (Å²) < 4.78 is 5.98. The van der Waals surface area contributed by atoms with Crippen molar-refractivity contribution >= 4 is 38.9 Å². The van der Waals surface area contributed by atoms with E-state index >= 15 is 0 Å². The Hall–Kier alpha value is -2.39. The molecule has 8 nitrogen and oxygen atoms in total. The van der Waals surface area contributed by atoms with Gasteiger partial charge in [0.15, 0.2) is 0 Å². The summed E-state index contributed by atoms with van der Waals surface area (Å²) in [5.74, 6) is 6.37. The molecule has 2 aromatic rings. The Bertz CT molecular complexity index is 680. The van der Waals surface area contributed by atoms with Gasteiger partial charge in [0, 0.05) is 11.8 Å². The molecule has 2 rings (SSSR count). The minimum atomic E-state index is -0.518. The molecule has 0 unspecified atom stereocenters. The summed E-state index contributed by atoms with van der Waals surface area (Å²) in [6, 6.07) is 7.87. The third-order valence-electron chi connectivity index (χ3n) is 2.59. The molecule has 0 saturated heterocycles. The minimum absolute atomic E-state index is 0.121. The highest BCUT2D eigenvalue weighted by Gasteiger charge is 2.11. The molecule has 21 heavy (non-hydrogen) atoms. The fourth-order valence-electron chi connectivity index (χ4n) is 1.64. The maximum absolute atomic E-state index is 10.9. The monoisotopic (exact) mass is 353 g/mol. The summed E-state index contributed by atoms with van der Waals surface area (Å²) >= 11 is 3.35. The number of nitro groups is 1. The van der Waals surface area contributed by atoms with Gasteiger partial charge in [0.1, 0.15) is 17.4 Å². The smallest absolute Gasteiger partial charge is 0.276 e. The molecule has 9 heteroatoms. The van der Waals surface area contributed by atoms with Gasteiger partial charge in [-0.2, -0.15) is 0 Å². The number of halogens is 1. The van der Waals surface area contributed by atoms with Crippen LogP contribution in [0.2, 0.25) is 0 Å². The van der Waals surface area contributed by atoms with E-state index in [1.807, 2.05) is 0 Å². The molecule has 0 aliphatic rings. The average molecular weight is 354 g/mol. The Balaban J connectivity index is 2.34.